The molecule has 3 nitrogen and oxygen atoms in total. The molecule has 0 bridgehead atoms. The molecule has 1 rings (SSSR count). The predicted molar refractivity (Wildman–Crippen MR) is 108 cm³/mol. The van der Waals surface area contributed by atoms with Crippen LogP contribution in [0.15, 0.2) is 12.2 Å². The largest absolute Gasteiger partial charge is 0.410 e. The zero-order valence-corrected chi connectivity index (χ0v) is 19.5. The number of Topliss-reactive ketones (excluding diaryl/α,β-unsaturated/α-hetero) is 1. The van der Waals surface area contributed by atoms with Crippen LogP contribution in [0.3, 0.4) is 0 Å². The van der Waals surface area contributed by atoms with E-state index in [2.05, 4.69) is 74.3 Å². The lowest BCUT2D eigenvalue weighted by atomic mass is 9.90. The van der Waals surface area contributed by atoms with Gasteiger partial charge in [0.1, 0.15) is 5.78 Å². The minimum Gasteiger partial charge on any atom is -0.410 e. The van der Waals surface area contributed by atoms with Gasteiger partial charge in [-0.1, -0.05) is 48.1 Å². The maximum absolute atomic E-state index is 12.3. The van der Waals surface area contributed by atoms with Crippen LogP contribution in [0.1, 0.15) is 54.4 Å². The Balaban J connectivity index is 2.97. The molecule has 0 aromatic carbocycles. The van der Waals surface area contributed by atoms with Gasteiger partial charge in [0.2, 0.25) is 0 Å². The van der Waals surface area contributed by atoms with E-state index >= 15 is 0 Å². The molecule has 5 heteroatoms. The highest BCUT2D eigenvalue weighted by Crippen LogP contribution is 2.42. The molecular weight excluding hydrogens is 332 g/mol. The molecule has 0 amide bonds. The van der Waals surface area contributed by atoms with E-state index in [4.69, 9.17) is 8.85 Å². The van der Waals surface area contributed by atoms with Crippen molar-refractivity contribution in [2.75, 3.05) is 0 Å². The molecule has 1 unspecified atom stereocenters. The lowest BCUT2D eigenvalue weighted by molar-refractivity contribution is -0.123. The normalized spacial score (nSPS) is 24.4. The molecule has 0 spiro atoms. The summed E-state index contributed by atoms with van der Waals surface area (Å²) in [6, 6.07) is 0. The van der Waals surface area contributed by atoms with Gasteiger partial charge in [-0.2, -0.15) is 0 Å². The summed E-state index contributed by atoms with van der Waals surface area (Å²) in [5.41, 5.74) is 0.962. The summed E-state index contributed by atoms with van der Waals surface area (Å²) in [5, 5.41) is 0.229. The molecule has 0 N–H and O–H groups in total. The van der Waals surface area contributed by atoms with Crippen molar-refractivity contribution in [1.82, 2.24) is 0 Å². The molecule has 2 atom stereocenters. The van der Waals surface area contributed by atoms with Crippen LogP contribution in [0.2, 0.25) is 36.3 Å². The zero-order chi connectivity index (χ0) is 19.1. The first-order valence-electron chi connectivity index (χ1n) is 9.04. The highest BCUT2D eigenvalue weighted by Gasteiger charge is 2.45. The Bertz CT molecular complexity index is 454. The highest BCUT2D eigenvalue weighted by molar-refractivity contribution is 6.74. The van der Waals surface area contributed by atoms with Crippen LogP contribution >= 0.6 is 0 Å². The number of hydrogen-bond acceptors (Lipinski definition) is 3. The second-order valence-corrected chi connectivity index (χ2v) is 19.8. The van der Waals surface area contributed by atoms with Crippen molar-refractivity contribution in [3.63, 3.8) is 0 Å². The predicted octanol–water partition coefficient (Wildman–Crippen LogP) is 5.69. The Hall–Kier alpha value is -0.236. The van der Waals surface area contributed by atoms with Gasteiger partial charge in [-0.25, -0.2) is 0 Å². The smallest absolute Gasteiger partial charge is 0.192 e. The van der Waals surface area contributed by atoms with E-state index in [9.17, 15) is 4.79 Å². The molecule has 1 aliphatic rings. The van der Waals surface area contributed by atoms with E-state index in [0.29, 0.717) is 12.8 Å². The molecule has 1 fully saturated rings. The van der Waals surface area contributed by atoms with Crippen molar-refractivity contribution in [2.24, 2.45) is 0 Å². The number of rotatable bonds is 4. The Kier molecular flexibility index (Phi) is 6.20. The van der Waals surface area contributed by atoms with Crippen LogP contribution in [-0.4, -0.2) is 34.6 Å². The van der Waals surface area contributed by atoms with Crippen LogP contribution in [0.25, 0.3) is 0 Å². The van der Waals surface area contributed by atoms with Gasteiger partial charge in [-0.05, 0) is 41.8 Å². The molecule has 140 valence electrons. The monoisotopic (exact) mass is 370 g/mol. The summed E-state index contributed by atoms with van der Waals surface area (Å²) in [5.74, 6) is 0.231. The van der Waals surface area contributed by atoms with Gasteiger partial charge in [0, 0.05) is 12.8 Å². The highest BCUT2D eigenvalue weighted by atomic mass is 28.4. The molecule has 0 aromatic rings. The van der Waals surface area contributed by atoms with Gasteiger partial charge in [0.25, 0.3) is 0 Å². The molecule has 0 saturated heterocycles. The number of ketones is 1. The fraction of sp³-hybridized carbons (Fsp3) is 0.842. The van der Waals surface area contributed by atoms with E-state index in [1.165, 1.54) is 0 Å². The Morgan fingerprint density at radius 2 is 1.12 bits per heavy atom. The third-order valence-corrected chi connectivity index (χ3v) is 15.1. The van der Waals surface area contributed by atoms with Gasteiger partial charge in [-0.15, -0.1) is 0 Å². The minimum atomic E-state index is -1.95. The van der Waals surface area contributed by atoms with E-state index in [1.807, 2.05) is 0 Å². The molecule has 0 aliphatic heterocycles. The van der Waals surface area contributed by atoms with E-state index in [1.54, 1.807) is 0 Å². The SMILES string of the molecule is C=C1C(O[Si](C)(C)C(C)(C)C)CC(=O)C[C@H]1O[Si](C)(C)C(C)(C)C. The summed E-state index contributed by atoms with van der Waals surface area (Å²) in [4.78, 5) is 12.3. The summed E-state index contributed by atoms with van der Waals surface area (Å²) in [7, 11) is -3.89. The molecule has 0 radical (unpaired) electrons. The molecule has 0 heterocycles. The topological polar surface area (TPSA) is 35.5 Å². The summed E-state index contributed by atoms with van der Waals surface area (Å²) in [6.45, 7) is 26.5. The molecule has 0 aromatic heterocycles. The van der Waals surface area contributed by atoms with Crippen LogP contribution < -0.4 is 0 Å². The Morgan fingerprint density at radius 3 is 1.38 bits per heavy atom. The first kappa shape index (κ1) is 21.8. The van der Waals surface area contributed by atoms with Gasteiger partial charge >= 0.3 is 0 Å². The van der Waals surface area contributed by atoms with E-state index in [-0.39, 0.29) is 28.1 Å². The van der Waals surface area contributed by atoms with Crippen molar-refractivity contribution in [3.05, 3.63) is 12.2 Å². The number of hydrogen-bond donors (Lipinski definition) is 0. The van der Waals surface area contributed by atoms with E-state index in [0.717, 1.165) is 5.57 Å². The lowest BCUT2D eigenvalue weighted by Gasteiger charge is -2.45. The zero-order valence-electron chi connectivity index (χ0n) is 17.5. The quantitative estimate of drug-likeness (QED) is 0.471. The third-order valence-electron chi connectivity index (χ3n) is 6.14. The summed E-state index contributed by atoms with van der Waals surface area (Å²) in [6.07, 6.45) is 0.509. The number of carbonyl (C=O) groups is 1. The summed E-state index contributed by atoms with van der Waals surface area (Å²) >= 11 is 0. The first-order chi connectivity index (χ1) is 10.5. The average molecular weight is 371 g/mol. The van der Waals surface area contributed by atoms with E-state index < -0.39 is 16.6 Å². The van der Waals surface area contributed by atoms with Crippen molar-refractivity contribution in [3.8, 4) is 0 Å². The van der Waals surface area contributed by atoms with Crippen LogP contribution in [0, 0.1) is 0 Å². The first-order valence-corrected chi connectivity index (χ1v) is 14.9. The van der Waals surface area contributed by atoms with Crippen molar-refractivity contribution in [2.45, 2.75) is 103 Å². The van der Waals surface area contributed by atoms with Crippen LogP contribution in [-0.2, 0) is 13.6 Å². The second-order valence-electron chi connectivity index (χ2n) is 10.3. The molecule has 1 saturated carbocycles. The Labute approximate surface area is 151 Å². The maximum Gasteiger partial charge on any atom is 0.192 e. The molecule has 1 aliphatic carbocycles. The minimum absolute atomic E-state index is 0.115. The van der Waals surface area contributed by atoms with Crippen LogP contribution in [0.4, 0.5) is 0 Å². The average Bonchev–Trinajstić information content (AvgIpc) is 2.31. The Morgan fingerprint density at radius 1 is 0.833 bits per heavy atom. The fourth-order valence-electron chi connectivity index (χ4n) is 2.27. The van der Waals surface area contributed by atoms with Crippen molar-refractivity contribution in [1.29, 1.82) is 0 Å². The number of carbonyl (C=O) groups excluding carboxylic acids is 1. The van der Waals surface area contributed by atoms with Crippen molar-refractivity contribution < 1.29 is 13.6 Å². The molecule has 24 heavy (non-hydrogen) atoms. The van der Waals surface area contributed by atoms with Gasteiger partial charge < -0.3 is 8.85 Å². The maximum atomic E-state index is 12.3. The fourth-order valence-corrected chi connectivity index (χ4v) is 4.87. The van der Waals surface area contributed by atoms with Gasteiger partial charge in [-0.3, -0.25) is 4.79 Å². The standard InChI is InChI=1S/C19H38O3Si2/c1-14-16(21-23(8,9)18(2,3)4)12-15(20)13-17(14)22-24(10,11)19(5,6)7/h16-17H,1,12-13H2,2-11H3/t16-,17?/m1/s1. The molecular formula is C19H38O3Si2. The second kappa shape index (κ2) is 6.82. The van der Waals surface area contributed by atoms with Gasteiger partial charge in [0.15, 0.2) is 16.6 Å². The third kappa shape index (κ3) is 4.90. The van der Waals surface area contributed by atoms with Gasteiger partial charge in [0.05, 0.1) is 12.2 Å². The lowest BCUT2D eigenvalue weighted by Crippen LogP contribution is -2.50. The summed E-state index contributed by atoms with van der Waals surface area (Å²) < 4.78 is 13.0. The van der Waals surface area contributed by atoms with Crippen molar-refractivity contribution >= 4 is 22.4 Å². The van der Waals surface area contributed by atoms with Crippen LogP contribution in [0.5, 0.6) is 0 Å².